The molecule has 1 heterocycles. The average Bonchev–Trinajstić information content (AvgIpc) is 2.52. The van der Waals surface area contributed by atoms with Crippen molar-refractivity contribution in [2.24, 2.45) is 5.92 Å². The lowest BCUT2D eigenvalue weighted by atomic mass is 9.75. The largest absolute Gasteiger partial charge is 0.511 e. The first-order chi connectivity index (χ1) is 11.8. The van der Waals surface area contributed by atoms with E-state index in [1.54, 1.807) is 0 Å². The molecular weight excluding hydrogens is 338 g/mol. The van der Waals surface area contributed by atoms with Crippen molar-refractivity contribution in [3.8, 4) is 0 Å². The zero-order valence-electron chi connectivity index (χ0n) is 13.9. The molecule has 0 aromatic heterocycles. The van der Waals surface area contributed by atoms with Crippen molar-refractivity contribution in [2.75, 3.05) is 20.3 Å². The van der Waals surface area contributed by atoms with Gasteiger partial charge in [0.15, 0.2) is 0 Å². The van der Waals surface area contributed by atoms with Gasteiger partial charge in [0.1, 0.15) is 29.3 Å². The fourth-order valence-electron chi connectivity index (χ4n) is 3.20. The van der Waals surface area contributed by atoms with Crippen molar-refractivity contribution in [1.29, 1.82) is 0 Å². The lowest BCUT2D eigenvalue weighted by Gasteiger charge is -2.45. The van der Waals surface area contributed by atoms with Crippen molar-refractivity contribution < 1.29 is 33.9 Å². The highest BCUT2D eigenvalue weighted by molar-refractivity contribution is 5.95. The number of nitro groups is 1. The van der Waals surface area contributed by atoms with Gasteiger partial charge >= 0.3 is 18.0 Å². The summed E-state index contributed by atoms with van der Waals surface area (Å²) in [5.41, 5.74) is -0.501. The van der Waals surface area contributed by atoms with Gasteiger partial charge in [-0.15, -0.1) is 0 Å². The predicted molar refractivity (Wildman–Crippen MR) is 81.1 cm³/mol. The minimum Gasteiger partial charge on any atom is -0.511 e. The molecule has 2 N–H and O–H groups in total. The van der Waals surface area contributed by atoms with E-state index in [0.29, 0.717) is 0 Å². The van der Waals surface area contributed by atoms with E-state index >= 15 is 0 Å². The Bertz CT molecular complexity index is 646. The summed E-state index contributed by atoms with van der Waals surface area (Å²) in [6.45, 7) is 2.96. The minimum absolute atomic E-state index is 0.0352. The van der Waals surface area contributed by atoms with E-state index < -0.39 is 58.3 Å². The number of aliphatic hydroxyl groups excluding tert-OH is 1. The molecule has 4 atom stereocenters. The molecule has 0 aromatic carbocycles. The number of rotatable bonds is 5. The first-order valence-corrected chi connectivity index (χ1v) is 7.69. The van der Waals surface area contributed by atoms with E-state index in [1.165, 1.54) is 20.9 Å². The van der Waals surface area contributed by atoms with Crippen molar-refractivity contribution in [2.45, 2.75) is 32.0 Å². The summed E-state index contributed by atoms with van der Waals surface area (Å²) in [7, 11) is 1.27. The number of hydrogen-bond acceptors (Lipinski definition) is 8. The van der Waals surface area contributed by atoms with E-state index in [1.807, 2.05) is 0 Å². The summed E-state index contributed by atoms with van der Waals surface area (Å²) in [5.74, 6) is -4.23. The number of ether oxygens (including phenoxy) is 2. The van der Waals surface area contributed by atoms with E-state index in [-0.39, 0.29) is 13.2 Å². The van der Waals surface area contributed by atoms with E-state index in [2.05, 4.69) is 5.32 Å². The summed E-state index contributed by atoms with van der Waals surface area (Å²) in [6.07, 6.45) is 0. The number of likely N-dealkylation sites (N-methyl/N-ethyl adjacent to an activating group) is 1. The van der Waals surface area contributed by atoms with Gasteiger partial charge in [0.25, 0.3) is 6.04 Å². The number of nitrogens with one attached hydrogen (secondary N) is 1. The Kier molecular flexibility index (Phi) is 5.14. The lowest BCUT2D eigenvalue weighted by Crippen LogP contribution is -2.72. The van der Waals surface area contributed by atoms with Crippen LogP contribution in [-0.4, -0.2) is 71.3 Å². The Morgan fingerprint density at radius 1 is 1.32 bits per heavy atom. The van der Waals surface area contributed by atoms with Crippen LogP contribution in [0.3, 0.4) is 0 Å². The van der Waals surface area contributed by atoms with Gasteiger partial charge < -0.3 is 24.8 Å². The smallest absolute Gasteiger partial charge is 0.339 e. The van der Waals surface area contributed by atoms with Gasteiger partial charge in [-0.2, -0.15) is 0 Å². The van der Waals surface area contributed by atoms with Crippen LogP contribution in [0.15, 0.2) is 11.3 Å². The van der Waals surface area contributed by atoms with Gasteiger partial charge in [0, 0.05) is 12.0 Å². The summed E-state index contributed by atoms with van der Waals surface area (Å²) in [6, 6.07) is -4.96. The Labute approximate surface area is 142 Å². The van der Waals surface area contributed by atoms with Crippen LogP contribution in [0.2, 0.25) is 0 Å². The zero-order chi connectivity index (χ0) is 18.9. The number of amides is 2. The van der Waals surface area contributed by atoms with Gasteiger partial charge in [-0.1, -0.05) is 0 Å². The summed E-state index contributed by atoms with van der Waals surface area (Å²) in [4.78, 5) is 48.5. The molecular formula is C14H19N3O8. The average molecular weight is 357 g/mol. The van der Waals surface area contributed by atoms with Crippen molar-refractivity contribution in [3.63, 3.8) is 0 Å². The maximum absolute atomic E-state index is 12.3. The fourth-order valence-corrected chi connectivity index (χ4v) is 3.20. The highest BCUT2D eigenvalue weighted by Crippen LogP contribution is 2.37. The molecule has 2 aliphatic rings. The molecule has 0 saturated carbocycles. The summed E-state index contributed by atoms with van der Waals surface area (Å²) >= 11 is 0. The highest BCUT2D eigenvalue weighted by Gasteiger charge is 2.61. The van der Waals surface area contributed by atoms with Gasteiger partial charge in [-0.05, 0) is 13.8 Å². The van der Waals surface area contributed by atoms with Gasteiger partial charge in [0.05, 0.1) is 13.2 Å². The number of nitrogens with zero attached hydrogens (tertiary/aromatic N) is 2. The molecule has 138 valence electrons. The summed E-state index contributed by atoms with van der Waals surface area (Å²) in [5, 5.41) is 24.4. The molecule has 11 nitrogen and oxygen atoms in total. The second kappa shape index (κ2) is 6.95. The molecule has 1 aliphatic heterocycles. The molecule has 1 aliphatic carbocycles. The van der Waals surface area contributed by atoms with Gasteiger partial charge in [0.2, 0.25) is 0 Å². The molecule has 2 bridgehead atoms. The fraction of sp³-hybridized carbons (Fsp3) is 0.643. The molecule has 0 spiro atoms. The Morgan fingerprint density at radius 3 is 2.44 bits per heavy atom. The third kappa shape index (κ3) is 2.96. The molecule has 1 saturated heterocycles. The SMILES string of the molecule is CCOC(=O)C1=C(O)C(C(=O)OCC)C2C([N+](=O)[O-])C1NC(=O)N2C. The zero-order valence-corrected chi connectivity index (χ0v) is 13.9. The number of aliphatic hydroxyl groups is 1. The molecule has 25 heavy (non-hydrogen) atoms. The van der Waals surface area contributed by atoms with Crippen molar-refractivity contribution >= 4 is 18.0 Å². The molecule has 0 radical (unpaired) electrons. The Balaban J connectivity index is 2.66. The third-order valence-corrected chi connectivity index (χ3v) is 4.24. The first-order valence-electron chi connectivity index (χ1n) is 7.69. The van der Waals surface area contributed by atoms with E-state index in [4.69, 9.17) is 9.47 Å². The Hall–Kier alpha value is -2.85. The standard InChI is InChI=1S/C14H19N3O8/c1-4-24-12(19)6-8-10(17(22)23)9(16(3)14(21)15-8)7(11(6)18)13(20)25-5-2/h7-10,18H,4-5H2,1-3H3,(H,15,21). The summed E-state index contributed by atoms with van der Waals surface area (Å²) < 4.78 is 9.70. The monoisotopic (exact) mass is 357 g/mol. The van der Waals surface area contributed by atoms with Crippen LogP contribution in [0.4, 0.5) is 4.79 Å². The molecule has 0 aromatic rings. The van der Waals surface area contributed by atoms with Crippen molar-refractivity contribution in [1.82, 2.24) is 10.2 Å². The van der Waals surface area contributed by atoms with Crippen LogP contribution in [0.5, 0.6) is 0 Å². The second-order valence-corrected chi connectivity index (χ2v) is 5.55. The van der Waals surface area contributed by atoms with Gasteiger partial charge in [-0.3, -0.25) is 14.9 Å². The minimum atomic E-state index is -1.55. The maximum atomic E-state index is 12.3. The van der Waals surface area contributed by atoms with Crippen LogP contribution in [0, 0.1) is 16.0 Å². The highest BCUT2D eigenvalue weighted by atomic mass is 16.6. The quantitative estimate of drug-likeness (QED) is 0.383. The molecule has 4 unspecified atom stereocenters. The number of esters is 2. The molecule has 2 amide bonds. The topological polar surface area (TPSA) is 148 Å². The number of carbonyl (C=O) groups is 3. The second-order valence-electron chi connectivity index (χ2n) is 5.55. The van der Waals surface area contributed by atoms with Gasteiger partial charge in [-0.25, -0.2) is 9.59 Å². The van der Waals surface area contributed by atoms with Crippen LogP contribution >= 0.6 is 0 Å². The van der Waals surface area contributed by atoms with Crippen LogP contribution in [-0.2, 0) is 19.1 Å². The van der Waals surface area contributed by atoms with E-state index in [0.717, 1.165) is 4.90 Å². The lowest BCUT2D eigenvalue weighted by molar-refractivity contribution is -0.536. The van der Waals surface area contributed by atoms with Crippen LogP contribution in [0.1, 0.15) is 13.8 Å². The molecule has 11 heteroatoms. The number of carbonyl (C=O) groups excluding carboxylic acids is 3. The number of fused-ring (bicyclic) bond motifs is 2. The Morgan fingerprint density at radius 2 is 1.92 bits per heavy atom. The van der Waals surface area contributed by atoms with Crippen LogP contribution < -0.4 is 5.32 Å². The maximum Gasteiger partial charge on any atom is 0.339 e. The normalized spacial score (nSPS) is 28.3. The van der Waals surface area contributed by atoms with E-state index in [9.17, 15) is 29.6 Å². The first kappa shape index (κ1) is 18.5. The molecule has 2 rings (SSSR count). The van der Waals surface area contributed by atoms with Crippen molar-refractivity contribution in [3.05, 3.63) is 21.4 Å². The number of hydrogen-bond donors (Lipinski definition) is 2. The predicted octanol–water partition coefficient (Wildman–Crippen LogP) is -0.408. The third-order valence-electron chi connectivity index (χ3n) is 4.24. The molecule has 1 fully saturated rings. The number of urea groups is 1. The van der Waals surface area contributed by atoms with Crippen LogP contribution in [0.25, 0.3) is 0 Å².